The van der Waals surface area contributed by atoms with Crippen LogP contribution in [0, 0.1) is 5.82 Å². The van der Waals surface area contributed by atoms with Crippen LogP contribution in [0.5, 0.6) is 11.5 Å². The van der Waals surface area contributed by atoms with E-state index in [0.717, 1.165) is 0 Å². The number of carbonyl (C=O) groups excluding carboxylic acids is 1. The van der Waals surface area contributed by atoms with Crippen molar-refractivity contribution in [3.05, 3.63) is 59.9 Å². The van der Waals surface area contributed by atoms with Crippen molar-refractivity contribution >= 4 is 17.7 Å². The SMILES string of the molecule is COc1ccccc1O[C@H](C)C(=O)NCCSCc1ccccc1F. The van der Waals surface area contributed by atoms with Crippen molar-refractivity contribution in [2.24, 2.45) is 0 Å². The Balaban J connectivity index is 1.70. The van der Waals surface area contributed by atoms with Crippen molar-refractivity contribution in [3.8, 4) is 11.5 Å². The summed E-state index contributed by atoms with van der Waals surface area (Å²) in [5, 5.41) is 2.82. The molecule has 0 saturated carbocycles. The fraction of sp³-hybridized carbons (Fsp3) is 0.316. The Morgan fingerprint density at radius 3 is 2.56 bits per heavy atom. The van der Waals surface area contributed by atoms with Gasteiger partial charge in [-0.05, 0) is 30.7 Å². The van der Waals surface area contributed by atoms with Crippen LogP contribution in [0.15, 0.2) is 48.5 Å². The average Bonchev–Trinajstić information content (AvgIpc) is 2.63. The summed E-state index contributed by atoms with van der Waals surface area (Å²) >= 11 is 1.57. The van der Waals surface area contributed by atoms with Gasteiger partial charge in [-0.3, -0.25) is 4.79 Å². The minimum Gasteiger partial charge on any atom is -0.493 e. The largest absolute Gasteiger partial charge is 0.493 e. The van der Waals surface area contributed by atoms with E-state index < -0.39 is 6.10 Å². The Bertz CT molecular complexity index is 696. The third kappa shape index (κ3) is 5.98. The Morgan fingerprint density at radius 2 is 1.84 bits per heavy atom. The summed E-state index contributed by atoms with van der Waals surface area (Å²) < 4.78 is 24.3. The number of carbonyl (C=O) groups is 1. The molecule has 0 spiro atoms. The Kier molecular flexibility index (Phi) is 7.60. The predicted octanol–water partition coefficient (Wildman–Crippen LogP) is 3.65. The molecule has 0 unspecified atom stereocenters. The topological polar surface area (TPSA) is 47.6 Å². The summed E-state index contributed by atoms with van der Waals surface area (Å²) in [6, 6.07) is 13.9. The minimum absolute atomic E-state index is 0.196. The molecule has 0 aliphatic carbocycles. The molecule has 2 rings (SSSR count). The van der Waals surface area contributed by atoms with Gasteiger partial charge in [-0.2, -0.15) is 11.8 Å². The van der Waals surface area contributed by atoms with E-state index in [1.165, 1.54) is 6.07 Å². The van der Waals surface area contributed by atoms with Gasteiger partial charge in [-0.1, -0.05) is 30.3 Å². The van der Waals surface area contributed by atoms with Gasteiger partial charge >= 0.3 is 0 Å². The minimum atomic E-state index is -0.632. The maximum atomic E-state index is 13.5. The van der Waals surface area contributed by atoms with E-state index in [2.05, 4.69) is 5.32 Å². The first-order chi connectivity index (χ1) is 12.1. The summed E-state index contributed by atoms with van der Waals surface area (Å²) in [7, 11) is 1.56. The van der Waals surface area contributed by atoms with Gasteiger partial charge in [0, 0.05) is 18.1 Å². The summed E-state index contributed by atoms with van der Waals surface area (Å²) in [4.78, 5) is 12.1. The maximum absolute atomic E-state index is 13.5. The summed E-state index contributed by atoms with van der Waals surface area (Å²) in [6.07, 6.45) is -0.632. The fourth-order valence-corrected chi connectivity index (χ4v) is 2.99. The number of halogens is 1. The molecule has 0 heterocycles. The zero-order valence-corrected chi connectivity index (χ0v) is 15.1. The van der Waals surface area contributed by atoms with Gasteiger partial charge in [0.05, 0.1) is 7.11 Å². The van der Waals surface area contributed by atoms with Crippen molar-refractivity contribution < 1.29 is 18.7 Å². The Labute approximate surface area is 151 Å². The van der Waals surface area contributed by atoms with E-state index in [-0.39, 0.29) is 11.7 Å². The number of para-hydroxylation sites is 2. The number of hydrogen-bond donors (Lipinski definition) is 1. The molecule has 2 aromatic rings. The number of thioether (sulfide) groups is 1. The zero-order chi connectivity index (χ0) is 18.1. The van der Waals surface area contributed by atoms with E-state index in [9.17, 15) is 9.18 Å². The first-order valence-corrected chi connectivity index (χ1v) is 9.16. The van der Waals surface area contributed by atoms with Gasteiger partial charge in [0.1, 0.15) is 5.82 Å². The lowest BCUT2D eigenvalue weighted by molar-refractivity contribution is -0.127. The Hall–Kier alpha value is -2.21. The molecular formula is C19H22FNO3S. The normalized spacial score (nSPS) is 11.6. The standard InChI is InChI=1S/C19H22FNO3S/c1-14(24-18-10-6-5-9-17(18)23-2)19(22)21-11-12-25-13-15-7-3-4-8-16(15)20/h3-10,14H,11-13H2,1-2H3,(H,21,22)/t14-/m1/s1. The van der Waals surface area contributed by atoms with E-state index in [4.69, 9.17) is 9.47 Å². The van der Waals surface area contributed by atoms with Crippen LogP contribution >= 0.6 is 11.8 Å². The fourth-order valence-electron chi connectivity index (χ4n) is 2.15. The number of ether oxygens (including phenoxy) is 2. The lowest BCUT2D eigenvalue weighted by Crippen LogP contribution is -2.37. The number of nitrogens with one attached hydrogen (secondary N) is 1. The average molecular weight is 363 g/mol. The third-order valence-electron chi connectivity index (χ3n) is 3.50. The molecule has 134 valence electrons. The van der Waals surface area contributed by atoms with Crippen molar-refractivity contribution in [1.82, 2.24) is 5.32 Å². The summed E-state index contributed by atoms with van der Waals surface area (Å²) in [5.41, 5.74) is 0.673. The van der Waals surface area contributed by atoms with Crippen molar-refractivity contribution in [1.29, 1.82) is 0 Å². The highest BCUT2D eigenvalue weighted by molar-refractivity contribution is 7.98. The van der Waals surface area contributed by atoms with Crippen LogP contribution in [0.4, 0.5) is 4.39 Å². The van der Waals surface area contributed by atoms with Crippen LogP contribution in [0.1, 0.15) is 12.5 Å². The first-order valence-electron chi connectivity index (χ1n) is 8.00. The second kappa shape index (κ2) is 9.93. The van der Waals surface area contributed by atoms with Crippen LogP contribution in [-0.2, 0) is 10.5 Å². The quantitative estimate of drug-likeness (QED) is 0.691. The van der Waals surface area contributed by atoms with Crippen molar-refractivity contribution in [2.75, 3.05) is 19.4 Å². The molecule has 0 aromatic heterocycles. The molecule has 1 N–H and O–H groups in total. The second-order valence-corrected chi connectivity index (χ2v) is 6.45. The number of rotatable bonds is 9. The van der Waals surface area contributed by atoms with Crippen LogP contribution in [0.25, 0.3) is 0 Å². The summed E-state index contributed by atoms with van der Waals surface area (Å²) in [6.45, 7) is 2.19. The predicted molar refractivity (Wildman–Crippen MR) is 98.7 cm³/mol. The molecule has 0 fully saturated rings. The van der Waals surface area contributed by atoms with Crippen molar-refractivity contribution in [3.63, 3.8) is 0 Å². The molecule has 0 aliphatic heterocycles. The van der Waals surface area contributed by atoms with Gasteiger partial charge in [0.2, 0.25) is 0 Å². The molecule has 0 bridgehead atoms. The molecule has 1 atom stereocenters. The third-order valence-corrected chi connectivity index (χ3v) is 4.51. The van der Waals surface area contributed by atoms with Gasteiger partial charge in [0.15, 0.2) is 17.6 Å². The maximum Gasteiger partial charge on any atom is 0.260 e. The molecule has 6 heteroatoms. The molecule has 1 amide bonds. The second-order valence-electron chi connectivity index (χ2n) is 5.35. The monoisotopic (exact) mass is 363 g/mol. The molecule has 0 saturated heterocycles. The molecule has 4 nitrogen and oxygen atoms in total. The highest BCUT2D eigenvalue weighted by Crippen LogP contribution is 2.26. The van der Waals surface area contributed by atoms with Crippen LogP contribution in [-0.4, -0.2) is 31.4 Å². The van der Waals surface area contributed by atoms with Gasteiger partial charge in [0.25, 0.3) is 5.91 Å². The van der Waals surface area contributed by atoms with E-state index in [0.29, 0.717) is 35.1 Å². The van der Waals surface area contributed by atoms with Crippen LogP contribution < -0.4 is 14.8 Å². The van der Waals surface area contributed by atoms with E-state index >= 15 is 0 Å². The smallest absolute Gasteiger partial charge is 0.260 e. The lowest BCUT2D eigenvalue weighted by Gasteiger charge is -2.16. The highest BCUT2D eigenvalue weighted by Gasteiger charge is 2.16. The van der Waals surface area contributed by atoms with E-state index in [1.807, 2.05) is 18.2 Å². The van der Waals surface area contributed by atoms with Gasteiger partial charge in [-0.25, -0.2) is 4.39 Å². The Morgan fingerprint density at radius 1 is 1.16 bits per heavy atom. The first kappa shape index (κ1) is 19.1. The molecule has 0 radical (unpaired) electrons. The van der Waals surface area contributed by atoms with E-state index in [1.54, 1.807) is 50.1 Å². The van der Waals surface area contributed by atoms with Crippen molar-refractivity contribution in [2.45, 2.75) is 18.8 Å². The van der Waals surface area contributed by atoms with Gasteiger partial charge < -0.3 is 14.8 Å². The summed E-state index contributed by atoms with van der Waals surface area (Å²) in [5.74, 6) is 2.00. The highest BCUT2D eigenvalue weighted by atomic mass is 32.2. The molecule has 0 aliphatic rings. The molecular weight excluding hydrogens is 341 g/mol. The van der Waals surface area contributed by atoms with Crippen LogP contribution in [0.2, 0.25) is 0 Å². The lowest BCUT2D eigenvalue weighted by atomic mass is 10.2. The number of methoxy groups -OCH3 is 1. The number of benzene rings is 2. The molecule has 2 aromatic carbocycles. The zero-order valence-electron chi connectivity index (χ0n) is 14.3. The molecule has 25 heavy (non-hydrogen) atoms. The number of amides is 1. The number of hydrogen-bond acceptors (Lipinski definition) is 4. The van der Waals surface area contributed by atoms with Crippen LogP contribution in [0.3, 0.4) is 0 Å². The van der Waals surface area contributed by atoms with Gasteiger partial charge in [-0.15, -0.1) is 0 Å².